The van der Waals surface area contributed by atoms with Crippen LogP contribution in [-0.4, -0.2) is 69.3 Å². The Balaban J connectivity index is 1.37. The molecule has 0 aliphatic carbocycles. The van der Waals surface area contributed by atoms with E-state index in [-0.39, 0.29) is 48.0 Å². The third kappa shape index (κ3) is 8.34. The summed E-state index contributed by atoms with van der Waals surface area (Å²) in [4.78, 5) is 74.0. The van der Waals surface area contributed by atoms with Crippen LogP contribution in [0.2, 0.25) is 0 Å². The van der Waals surface area contributed by atoms with E-state index in [0.29, 0.717) is 16.0 Å². The smallest absolute Gasteiger partial charge is 0.460 e. The number of nitrogens with two attached hydrogens (primary N) is 1. The Morgan fingerprint density at radius 2 is 1.73 bits per heavy atom. The second kappa shape index (κ2) is 15.5. The molecule has 17 heteroatoms. The average Bonchev–Trinajstić information content (AvgIpc) is 3.38. The Bertz CT molecular complexity index is 1660. The van der Waals surface area contributed by atoms with Crippen molar-refractivity contribution < 1.29 is 48.0 Å². The van der Waals surface area contributed by atoms with Crippen LogP contribution in [0.1, 0.15) is 31.4 Å². The molecule has 2 aromatic carbocycles. The third-order valence-corrected chi connectivity index (χ3v) is 8.64. The Hall–Kier alpha value is -5.29. The van der Waals surface area contributed by atoms with Gasteiger partial charge in [0.05, 0.1) is 27.4 Å². The number of para-hydroxylation sites is 1. The topological polar surface area (TPSA) is 221 Å². The molecule has 4 rings (SSSR count). The summed E-state index contributed by atoms with van der Waals surface area (Å²) < 4.78 is 21.0. The van der Waals surface area contributed by atoms with Gasteiger partial charge in [0, 0.05) is 35.3 Å². The van der Waals surface area contributed by atoms with Crippen molar-refractivity contribution >= 4 is 47.1 Å². The number of hydrogen-bond acceptors (Lipinski definition) is 14. The maximum absolute atomic E-state index is 13.3. The molecule has 0 saturated carbocycles. The number of ether oxygens (including phenoxy) is 4. The van der Waals surface area contributed by atoms with E-state index in [2.05, 4.69) is 6.58 Å². The Morgan fingerprint density at radius 3 is 2.38 bits per heavy atom. The maximum Gasteiger partial charge on any atom is 0.508 e. The highest BCUT2D eigenvalue weighted by molar-refractivity contribution is 8.03. The van der Waals surface area contributed by atoms with Gasteiger partial charge in [0.15, 0.2) is 0 Å². The molecular weight excluding hydrogens is 652 g/mol. The van der Waals surface area contributed by atoms with Gasteiger partial charge in [-0.3, -0.25) is 29.8 Å². The predicted molar refractivity (Wildman–Crippen MR) is 169 cm³/mol. The summed E-state index contributed by atoms with van der Waals surface area (Å²) in [6, 6.07) is 9.52. The number of fused-ring (bicyclic) bond motifs is 1. The molecular formula is C31H32N4O12S. The number of β-lactam (4-membered cyclic amide) rings is 1. The van der Waals surface area contributed by atoms with E-state index in [9.17, 15) is 39.4 Å². The summed E-state index contributed by atoms with van der Waals surface area (Å²) in [7, 11) is 0. The van der Waals surface area contributed by atoms with Gasteiger partial charge in [-0.1, -0.05) is 18.7 Å². The molecule has 1 saturated heterocycles. The van der Waals surface area contributed by atoms with Gasteiger partial charge in [0.1, 0.15) is 37.7 Å². The number of thioether (sulfide) groups is 1. The van der Waals surface area contributed by atoms with E-state index in [1.54, 1.807) is 13.0 Å². The van der Waals surface area contributed by atoms with Crippen LogP contribution in [0.3, 0.4) is 0 Å². The van der Waals surface area contributed by atoms with Crippen LogP contribution in [0.4, 0.5) is 16.2 Å². The van der Waals surface area contributed by atoms with Gasteiger partial charge < -0.3 is 29.6 Å². The lowest BCUT2D eigenvalue weighted by Gasteiger charge is -2.45. The number of carbonyl (C=O) groups excluding carboxylic acids is 4. The summed E-state index contributed by atoms with van der Waals surface area (Å²) in [6.07, 6.45) is -1.93. The zero-order valence-corrected chi connectivity index (χ0v) is 26.7. The molecule has 3 unspecified atom stereocenters. The van der Waals surface area contributed by atoms with Crippen molar-refractivity contribution in [3.05, 3.63) is 103 Å². The molecule has 254 valence electrons. The molecule has 1 amide bonds. The second-order valence-corrected chi connectivity index (χ2v) is 12.1. The lowest BCUT2D eigenvalue weighted by Crippen LogP contribution is -2.62. The van der Waals surface area contributed by atoms with E-state index in [1.807, 2.05) is 0 Å². The monoisotopic (exact) mass is 684 g/mol. The van der Waals surface area contributed by atoms with E-state index in [4.69, 9.17) is 24.7 Å². The highest BCUT2D eigenvalue weighted by atomic mass is 32.2. The van der Waals surface area contributed by atoms with Gasteiger partial charge in [0.25, 0.3) is 11.4 Å². The predicted octanol–water partition coefficient (Wildman–Crippen LogP) is 3.91. The van der Waals surface area contributed by atoms with Gasteiger partial charge >= 0.3 is 18.1 Å². The third-order valence-electron chi connectivity index (χ3n) is 7.40. The molecule has 2 aliphatic rings. The molecule has 0 aromatic heterocycles. The number of esters is 2. The number of benzene rings is 2. The average molecular weight is 685 g/mol. The molecule has 16 nitrogen and oxygen atoms in total. The SMILES string of the molecule is C=C(C)COC(=O)C1=C(SCC(N)C(=O)OCc2ccc([N+](=O)[O-])cc2)C[C@@H]2C(C(C)OC(=O)OCc3ccccc3[N+](=O)[O-])C(=O)N12. The quantitative estimate of drug-likeness (QED) is 0.0702. The first-order valence-corrected chi connectivity index (χ1v) is 15.5. The Kier molecular flexibility index (Phi) is 11.5. The molecule has 48 heavy (non-hydrogen) atoms. The van der Waals surface area contributed by atoms with E-state index < -0.39 is 64.6 Å². The van der Waals surface area contributed by atoms with Crippen molar-refractivity contribution in [3.8, 4) is 0 Å². The van der Waals surface area contributed by atoms with Gasteiger partial charge in [0.2, 0.25) is 5.91 Å². The number of nitrogens with zero attached hydrogens (tertiary/aromatic N) is 3. The van der Waals surface area contributed by atoms with Crippen LogP contribution in [0.25, 0.3) is 0 Å². The van der Waals surface area contributed by atoms with E-state index in [0.717, 1.165) is 11.8 Å². The van der Waals surface area contributed by atoms with Crippen molar-refractivity contribution in [1.82, 2.24) is 4.90 Å². The van der Waals surface area contributed by atoms with Gasteiger partial charge in [-0.25, -0.2) is 9.59 Å². The van der Waals surface area contributed by atoms with Crippen LogP contribution in [0.15, 0.2) is 71.3 Å². The van der Waals surface area contributed by atoms with Crippen LogP contribution in [0.5, 0.6) is 0 Å². The first-order valence-electron chi connectivity index (χ1n) is 14.5. The van der Waals surface area contributed by atoms with Gasteiger partial charge in [-0.2, -0.15) is 0 Å². The molecule has 2 aliphatic heterocycles. The molecule has 2 heterocycles. The molecule has 1 fully saturated rings. The van der Waals surface area contributed by atoms with Crippen LogP contribution < -0.4 is 5.73 Å². The molecule has 0 bridgehead atoms. The van der Waals surface area contributed by atoms with Crippen LogP contribution in [-0.2, 0) is 46.5 Å². The number of carbonyl (C=O) groups is 4. The molecule has 0 spiro atoms. The standard InChI is InChI=1S/C31H32N4O12S/c1-17(2)13-44-30(38)27-25(48-16-22(32)29(37)45-14-19-8-10-21(11-9-19)34(40)41)12-24-26(28(36)33(24)27)18(3)47-31(39)46-15-20-6-4-5-7-23(20)35(42)43/h4-11,18,22,24,26H,1,12-16,32H2,2-3H3/t18?,22?,24-,26?/m1/s1. The number of nitro benzene ring substituents is 2. The van der Waals surface area contributed by atoms with Crippen molar-refractivity contribution in [2.75, 3.05) is 12.4 Å². The summed E-state index contributed by atoms with van der Waals surface area (Å²) in [5.41, 5.74) is 6.96. The zero-order valence-electron chi connectivity index (χ0n) is 25.9. The molecule has 4 atom stereocenters. The fourth-order valence-corrected chi connectivity index (χ4v) is 6.16. The first-order chi connectivity index (χ1) is 22.8. The summed E-state index contributed by atoms with van der Waals surface area (Å²) in [6.45, 7) is 6.19. The molecule has 2 N–H and O–H groups in total. The molecule has 2 aromatic rings. The summed E-state index contributed by atoms with van der Waals surface area (Å²) >= 11 is 1.08. The fraction of sp³-hybridized carbons (Fsp3) is 0.355. The van der Waals surface area contributed by atoms with Crippen molar-refractivity contribution in [3.63, 3.8) is 0 Å². The maximum atomic E-state index is 13.3. The number of non-ortho nitro benzene ring substituents is 1. The zero-order chi connectivity index (χ0) is 35.1. The van der Waals surface area contributed by atoms with Crippen molar-refractivity contribution in [2.45, 2.75) is 51.7 Å². The van der Waals surface area contributed by atoms with Crippen molar-refractivity contribution in [1.29, 1.82) is 0 Å². The number of rotatable bonds is 15. The van der Waals surface area contributed by atoms with Gasteiger partial charge in [-0.15, -0.1) is 11.8 Å². The van der Waals surface area contributed by atoms with Crippen LogP contribution in [0, 0.1) is 26.1 Å². The number of hydrogen-bond donors (Lipinski definition) is 1. The van der Waals surface area contributed by atoms with Crippen molar-refractivity contribution in [2.24, 2.45) is 11.7 Å². The minimum Gasteiger partial charge on any atom is -0.460 e. The highest BCUT2D eigenvalue weighted by Gasteiger charge is 2.58. The Labute approximate surface area is 278 Å². The lowest BCUT2D eigenvalue weighted by molar-refractivity contribution is -0.385. The normalized spacial score (nSPS) is 17.8. The van der Waals surface area contributed by atoms with E-state index in [1.165, 1.54) is 54.3 Å². The first kappa shape index (κ1) is 35.6. The minimum atomic E-state index is -1.13. The minimum absolute atomic E-state index is 0.00916. The molecule has 0 radical (unpaired) electrons. The number of nitro groups is 2. The Morgan fingerprint density at radius 1 is 1.04 bits per heavy atom. The fourth-order valence-electron chi connectivity index (χ4n) is 5.03. The van der Waals surface area contributed by atoms with Crippen LogP contribution >= 0.6 is 11.8 Å². The lowest BCUT2D eigenvalue weighted by atomic mass is 9.83. The van der Waals surface area contributed by atoms with E-state index >= 15 is 0 Å². The highest BCUT2D eigenvalue weighted by Crippen LogP contribution is 2.48. The summed E-state index contributed by atoms with van der Waals surface area (Å²) in [5.74, 6) is -2.88. The summed E-state index contributed by atoms with van der Waals surface area (Å²) in [5, 5.41) is 22.1. The second-order valence-electron chi connectivity index (χ2n) is 11.0. The largest absolute Gasteiger partial charge is 0.508 e. The number of amides is 1. The van der Waals surface area contributed by atoms with Gasteiger partial charge in [-0.05, 0) is 43.2 Å².